The first kappa shape index (κ1) is 13.4. The molecular formula is C19H20N2O. The minimum atomic E-state index is 0.503. The fraction of sp³-hybridized carbons (Fsp3) is 0.263. The summed E-state index contributed by atoms with van der Waals surface area (Å²) >= 11 is 0. The first-order valence-corrected chi connectivity index (χ1v) is 7.91. The Labute approximate surface area is 130 Å². The predicted octanol–water partition coefficient (Wildman–Crippen LogP) is 4.43. The van der Waals surface area contributed by atoms with Gasteiger partial charge in [0, 0.05) is 30.3 Å². The average Bonchev–Trinajstić information content (AvgIpc) is 3.02. The average molecular weight is 292 g/mol. The molecule has 0 bridgehead atoms. The molecule has 0 radical (unpaired) electrons. The number of aromatic amines is 1. The van der Waals surface area contributed by atoms with Gasteiger partial charge in [-0.15, -0.1) is 0 Å². The van der Waals surface area contributed by atoms with Crippen LogP contribution in [0.3, 0.4) is 0 Å². The molecule has 3 nitrogen and oxygen atoms in total. The lowest BCUT2D eigenvalue weighted by molar-refractivity contribution is 0.0905. The molecule has 1 saturated heterocycles. The quantitative estimate of drug-likeness (QED) is 0.749. The molecule has 3 aromatic rings. The highest BCUT2D eigenvalue weighted by Gasteiger charge is 2.15. The van der Waals surface area contributed by atoms with Crippen LogP contribution in [-0.4, -0.2) is 24.2 Å². The molecule has 0 amide bonds. The molecule has 0 aliphatic carbocycles. The lowest BCUT2D eigenvalue weighted by atomic mass is 10.1. The molecule has 2 aromatic carbocycles. The smallest absolute Gasteiger partial charge is 0.0694 e. The van der Waals surface area contributed by atoms with Crippen LogP contribution in [0.4, 0.5) is 5.69 Å². The van der Waals surface area contributed by atoms with Crippen molar-refractivity contribution in [2.45, 2.75) is 18.9 Å². The van der Waals surface area contributed by atoms with Crippen molar-refractivity contribution in [2.75, 3.05) is 18.5 Å². The lowest BCUT2D eigenvalue weighted by Gasteiger charge is -2.24. The van der Waals surface area contributed by atoms with Gasteiger partial charge in [0.2, 0.25) is 0 Å². The van der Waals surface area contributed by atoms with Gasteiger partial charge in [-0.1, -0.05) is 42.5 Å². The normalized spacial score (nSPS) is 16.0. The van der Waals surface area contributed by atoms with Crippen LogP contribution in [0, 0.1) is 0 Å². The van der Waals surface area contributed by atoms with Crippen LogP contribution in [0.2, 0.25) is 0 Å². The number of H-pyrrole nitrogens is 1. The third-order valence-electron chi connectivity index (χ3n) is 4.32. The van der Waals surface area contributed by atoms with Crippen molar-refractivity contribution in [1.82, 2.24) is 4.98 Å². The number of fused-ring (bicyclic) bond motifs is 1. The Morgan fingerprint density at radius 2 is 1.77 bits per heavy atom. The standard InChI is InChI=1S/C19H20N2O/c1-2-5-14(6-3-1)18-13-15-7-4-8-17(19(15)21-18)20-16-9-11-22-12-10-16/h1-8,13,16,20-21H,9-12H2. The zero-order chi connectivity index (χ0) is 14.8. The summed E-state index contributed by atoms with van der Waals surface area (Å²) in [6.07, 6.45) is 2.14. The van der Waals surface area contributed by atoms with Crippen LogP contribution in [0.15, 0.2) is 54.6 Å². The second kappa shape index (κ2) is 5.85. The maximum atomic E-state index is 5.44. The van der Waals surface area contributed by atoms with Crippen LogP contribution in [-0.2, 0) is 4.74 Å². The molecule has 0 atom stereocenters. The van der Waals surface area contributed by atoms with Crippen molar-refractivity contribution in [2.24, 2.45) is 0 Å². The van der Waals surface area contributed by atoms with Gasteiger partial charge in [0.05, 0.1) is 11.2 Å². The number of benzene rings is 2. The summed E-state index contributed by atoms with van der Waals surface area (Å²) < 4.78 is 5.44. The van der Waals surface area contributed by atoms with Crippen LogP contribution in [0.1, 0.15) is 12.8 Å². The summed E-state index contributed by atoms with van der Waals surface area (Å²) in [5, 5.41) is 4.92. The van der Waals surface area contributed by atoms with E-state index in [0.29, 0.717) is 6.04 Å². The van der Waals surface area contributed by atoms with E-state index in [1.54, 1.807) is 0 Å². The largest absolute Gasteiger partial charge is 0.381 e. The van der Waals surface area contributed by atoms with Crippen LogP contribution in [0.25, 0.3) is 22.2 Å². The molecule has 1 aromatic heterocycles. The molecule has 4 rings (SSSR count). The van der Waals surface area contributed by atoms with E-state index in [2.05, 4.69) is 58.8 Å². The van der Waals surface area contributed by atoms with E-state index in [1.807, 2.05) is 6.07 Å². The fourth-order valence-electron chi connectivity index (χ4n) is 3.11. The van der Waals surface area contributed by atoms with Crippen molar-refractivity contribution in [3.05, 3.63) is 54.6 Å². The van der Waals surface area contributed by atoms with Gasteiger partial charge in [0.1, 0.15) is 0 Å². The Morgan fingerprint density at radius 1 is 0.955 bits per heavy atom. The van der Waals surface area contributed by atoms with Gasteiger partial charge < -0.3 is 15.0 Å². The summed E-state index contributed by atoms with van der Waals surface area (Å²) in [7, 11) is 0. The second-order valence-electron chi connectivity index (χ2n) is 5.85. The summed E-state index contributed by atoms with van der Waals surface area (Å²) in [4.78, 5) is 3.58. The maximum Gasteiger partial charge on any atom is 0.0694 e. The Bertz CT molecular complexity index is 757. The summed E-state index contributed by atoms with van der Waals surface area (Å²) in [6, 6.07) is 19.6. The van der Waals surface area contributed by atoms with Crippen LogP contribution < -0.4 is 5.32 Å². The number of ether oxygens (including phenoxy) is 1. The Morgan fingerprint density at radius 3 is 2.59 bits per heavy atom. The molecule has 0 saturated carbocycles. The van der Waals surface area contributed by atoms with Gasteiger partial charge in [-0.2, -0.15) is 0 Å². The van der Waals surface area contributed by atoms with Gasteiger partial charge in [-0.05, 0) is 30.5 Å². The number of hydrogen-bond donors (Lipinski definition) is 2. The van der Waals surface area contributed by atoms with Crippen molar-refractivity contribution in [3.63, 3.8) is 0 Å². The zero-order valence-corrected chi connectivity index (χ0v) is 12.5. The molecule has 1 aliphatic heterocycles. The summed E-state index contributed by atoms with van der Waals surface area (Å²) in [6.45, 7) is 1.71. The topological polar surface area (TPSA) is 37.0 Å². The second-order valence-corrected chi connectivity index (χ2v) is 5.85. The first-order valence-electron chi connectivity index (χ1n) is 7.91. The van der Waals surface area contributed by atoms with Gasteiger partial charge in [0.15, 0.2) is 0 Å². The van der Waals surface area contributed by atoms with Crippen LogP contribution >= 0.6 is 0 Å². The van der Waals surface area contributed by atoms with Crippen molar-refractivity contribution >= 4 is 16.6 Å². The molecule has 1 aliphatic rings. The van der Waals surface area contributed by atoms with E-state index >= 15 is 0 Å². The molecule has 112 valence electrons. The number of hydrogen-bond acceptors (Lipinski definition) is 2. The van der Waals surface area contributed by atoms with Gasteiger partial charge in [-0.3, -0.25) is 0 Å². The molecule has 3 heteroatoms. The molecular weight excluding hydrogens is 272 g/mol. The number of aromatic nitrogens is 1. The minimum Gasteiger partial charge on any atom is -0.381 e. The molecule has 22 heavy (non-hydrogen) atoms. The SMILES string of the molecule is c1ccc(-c2cc3cccc(NC4CCOCC4)c3[nH]2)cc1. The molecule has 1 fully saturated rings. The highest BCUT2D eigenvalue weighted by molar-refractivity contribution is 5.94. The molecule has 0 unspecified atom stereocenters. The van der Waals surface area contributed by atoms with E-state index in [-0.39, 0.29) is 0 Å². The van der Waals surface area contributed by atoms with E-state index in [4.69, 9.17) is 4.74 Å². The molecule has 0 spiro atoms. The first-order chi connectivity index (χ1) is 10.9. The summed E-state index contributed by atoms with van der Waals surface area (Å²) in [5.74, 6) is 0. The van der Waals surface area contributed by atoms with E-state index < -0.39 is 0 Å². The Hall–Kier alpha value is -2.26. The summed E-state index contributed by atoms with van der Waals surface area (Å²) in [5.41, 5.74) is 4.76. The number of anilines is 1. The predicted molar refractivity (Wildman–Crippen MR) is 91.2 cm³/mol. The number of rotatable bonds is 3. The molecule has 2 heterocycles. The third kappa shape index (κ3) is 2.60. The third-order valence-corrected chi connectivity index (χ3v) is 4.32. The monoisotopic (exact) mass is 292 g/mol. The molecule has 2 N–H and O–H groups in total. The van der Waals surface area contributed by atoms with Gasteiger partial charge >= 0.3 is 0 Å². The highest BCUT2D eigenvalue weighted by Crippen LogP contribution is 2.29. The van der Waals surface area contributed by atoms with Crippen LogP contribution in [0.5, 0.6) is 0 Å². The number of nitrogens with one attached hydrogen (secondary N) is 2. The van der Waals surface area contributed by atoms with Gasteiger partial charge in [-0.25, -0.2) is 0 Å². The van der Waals surface area contributed by atoms with E-state index in [9.17, 15) is 0 Å². The van der Waals surface area contributed by atoms with Crippen molar-refractivity contribution in [1.29, 1.82) is 0 Å². The Balaban J connectivity index is 1.69. The Kier molecular flexibility index (Phi) is 3.57. The zero-order valence-electron chi connectivity index (χ0n) is 12.5. The maximum absolute atomic E-state index is 5.44. The van der Waals surface area contributed by atoms with Gasteiger partial charge in [0.25, 0.3) is 0 Å². The van der Waals surface area contributed by atoms with Crippen molar-refractivity contribution < 1.29 is 4.74 Å². The fourth-order valence-corrected chi connectivity index (χ4v) is 3.11. The highest BCUT2D eigenvalue weighted by atomic mass is 16.5. The van der Waals surface area contributed by atoms with Crippen molar-refractivity contribution in [3.8, 4) is 11.3 Å². The lowest BCUT2D eigenvalue weighted by Crippen LogP contribution is -2.27. The minimum absolute atomic E-state index is 0.503. The number of para-hydroxylation sites is 1. The van der Waals surface area contributed by atoms with E-state index in [1.165, 1.54) is 22.2 Å². The van der Waals surface area contributed by atoms with E-state index in [0.717, 1.165) is 31.7 Å².